The van der Waals surface area contributed by atoms with E-state index in [-0.39, 0.29) is 0 Å². The van der Waals surface area contributed by atoms with Gasteiger partial charge in [0, 0.05) is 18.3 Å². The van der Waals surface area contributed by atoms with Crippen LogP contribution in [0.4, 0.5) is 0 Å². The maximum Gasteiger partial charge on any atom is 0.218 e. The molecule has 2 N–H and O–H groups in total. The molecule has 1 aliphatic carbocycles. The van der Waals surface area contributed by atoms with E-state index in [9.17, 15) is 0 Å². The minimum absolute atomic E-state index is 0.302. The predicted octanol–water partition coefficient (Wildman–Crippen LogP) is 3.05. The largest absolute Gasteiger partial charge is 0.474 e. The van der Waals surface area contributed by atoms with Crippen molar-refractivity contribution in [2.75, 3.05) is 0 Å². The fourth-order valence-corrected chi connectivity index (χ4v) is 2.68. The maximum absolute atomic E-state index is 6.09. The van der Waals surface area contributed by atoms with Crippen molar-refractivity contribution in [3.05, 3.63) is 23.4 Å². The Labute approximate surface area is 110 Å². The van der Waals surface area contributed by atoms with Crippen LogP contribution in [0.2, 0.25) is 0 Å². The zero-order chi connectivity index (χ0) is 13.1. The molecule has 3 atom stereocenters. The first kappa shape index (κ1) is 13.3. The van der Waals surface area contributed by atoms with Crippen molar-refractivity contribution in [1.82, 2.24) is 4.98 Å². The average molecular weight is 248 g/mol. The van der Waals surface area contributed by atoms with Crippen molar-refractivity contribution in [2.45, 2.75) is 52.7 Å². The Morgan fingerprint density at radius 2 is 2.11 bits per heavy atom. The lowest BCUT2D eigenvalue weighted by Gasteiger charge is -2.32. The second kappa shape index (κ2) is 5.70. The Balaban J connectivity index is 2.08. The highest BCUT2D eigenvalue weighted by molar-refractivity contribution is 5.33. The molecule has 1 aromatic heterocycles. The number of hydrogen-bond donors (Lipinski definition) is 1. The first-order chi connectivity index (χ1) is 8.61. The second-order valence-electron chi connectivity index (χ2n) is 5.62. The molecule has 3 heteroatoms. The van der Waals surface area contributed by atoms with Gasteiger partial charge in [0.2, 0.25) is 5.88 Å². The molecule has 0 aromatic carbocycles. The van der Waals surface area contributed by atoms with E-state index in [1.165, 1.54) is 12.0 Å². The molecule has 0 bridgehead atoms. The lowest BCUT2D eigenvalue weighted by Crippen LogP contribution is -2.29. The smallest absolute Gasteiger partial charge is 0.218 e. The van der Waals surface area contributed by atoms with Crippen molar-refractivity contribution >= 4 is 0 Å². The number of nitrogens with two attached hydrogens (primary N) is 1. The summed E-state index contributed by atoms with van der Waals surface area (Å²) >= 11 is 0. The van der Waals surface area contributed by atoms with Crippen LogP contribution < -0.4 is 10.5 Å². The Kier molecular flexibility index (Phi) is 4.23. The van der Waals surface area contributed by atoms with E-state index in [4.69, 9.17) is 10.5 Å². The highest BCUT2D eigenvalue weighted by Crippen LogP contribution is 2.32. The summed E-state index contributed by atoms with van der Waals surface area (Å²) in [4.78, 5) is 4.35. The van der Waals surface area contributed by atoms with Crippen LogP contribution in [0, 0.1) is 18.8 Å². The first-order valence-corrected chi connectivity index (χ1v) is 6.93. The summed E-state index contributed by atoms with van der Waals surface area (Å²) in [5.41, 5.74) is 8.00. The summed E-state index contributed by atoms with van der Waals surface area (Å²) in [6.45, 7) is 7.20. The fourth-order valence-electron chi connectivity index (χ4n) is 2.68. The molecule has 1 fully saturated rings. The van der Waals surface area contributed by atoms with Crippen LogP contribution in [-0.4, -0.2) is 11.1 Å². The van der Waals surface area contributed by atoms with Crippen LogP contribution in [0.3, 0.4) is 0 Å². The molecule has 0 aliphatic heterocycles. The number of nitrogens with zero attached hydrogens (tertiary/aromatic N) is 1. The number of aromatic nitrogens is 1. The quantitative estimate of drug-likeness (QED) is 0.894. The van der Waals surface area contributed by atoms with E-state index in [1.54, 1.807) is 6.20 Å². The molecule has 0 amide bonds. The number of aryl methyl sites for hydroxylation is 1. The van der Waals surface area contributed by atoms with Crippen LogP contribution in [0.1, 0.15) is 44.2 Å². The van der Waals surface area contributed by atoms with Gasteiger partial charge in [-0.2, -0.15) is 0 Å². The lowest BCUT2D eigenvalue weighted by molar-refractivity contribution is 0.0954. The molecule has 3 unspecified atom stereocenters. The van der Waals surface area contributed by atoms with Gasteiger partial charge in [0.1, 0.15) is 6.10 Å². The molecule has 100 valence electrons. The molecule has 1 heterocycles. The molecule has 0 saturated heterocycles. The summed E-state index contributed by atoms with van der Waals surface area (Å²) in [6, 6.07) is 1.99. The Morgan fingerprint density at radius 3 is 2.78 bits per heavy atom. The monoisotopic (exact) mass is 248 g/mol. The van der Waals surface area contributed by atoms with Gasteiger partial charge in [-0.3, -0.25) is 0 Å². The van der Waals surface area contributed by atoms with Gasteiger partial charge in [-0.25, -0.2) is 4.98 Å². The van der Waals surface area contributed by atoms with Gasteiger partial charge >= 0.3 is 0 Å². The van der Waals surface area contributed by atoms with Gasteiger partial charge in [0.25, 0.3) is 0 Å². The third-order valence-electron chi connectivity index (χ3n) is 4.28. The van der Waals surface area contributed by atoms with Gasteiger partial charge < -0.3 is 10.5 Å². The van der Waals surface area contributed by atoms with Crippen molar-refractivity contribution in [3.8, 4) is 5.88 Å². The Hall–Kier alpha value is -1.09. The molecule has 1 aliphatic rings. The van der Waals surface area contributed by atoms with Gasteiger partial charge in [-0.15, -0.1) is 0 Å². The van der Waals surface area contributed by atoms with Crippen LogP contribution >= 0.6 is 0 Å². The lowest BCUT2D eigenvalue weighted by atomic mass is 9.80. The summed E-state index contributed by atoms with van der Waals surface area (Å²) in [5.74, 6) is 2.28. The van der Waals surface area contributed by atoms with Crippen LogP contribution in [0.5, 0.6) is 5.88 Å². The maximum atomic E-state index is 6.09. The normalized spacial score (nSPS) is 28.1. The standard InChI is InChI=1S/C15H24N2O/c1-10-4-5-13(8-12(10)3)18-15-14(9-16)11(2)6-7-17-15/h6-7,10,12-13H,4-5,8-9,16H2,1-3H3. The van der Waals surface area contributed by atoms with Crippen LogP contribution in [0.25, 0.3) is 0 Å². The third-order valence-corrected chi connectivity index (χ3v) is 4.28. The van der Waals surface area contributed by atoms with Crippen molar-refractivity contribution in [3.63, 3.8) is 0 Å². The van der Waals surface area contributed by atoms with Crippen molar-refractivity contribution in [2.24, 2.45) is 17.6 Å². The highest BCUT2D eigenvalue weighted by Gasteiger charge is 2.26. The number of ether oxygens (including phenoxy) is 1. The van der Waals surface area contributed by atoms with Crippen molar-refractivity contribution in [1.29, 1.82) is 0 Å². The Morgan fingerprint density at radius 1 is 1.33 bits per heavy atom. The molecule has 1 saturated carbocycles. The molecule has 3 nitrogen and oxygen atoms in total. The molecule has 1 aromatic rings. The summed E-state index contributed by atoms with van der Waals surface area (Å²) < 4.78 is 6.09. The summed E-state index contributed by atoms with van der Waals surface area (Å²) in [6.07, 6.45) is 5.61. The van der Waals surface area contributed by atoms with Gasteiger partial charge in [0.15, 0.2) is 0 Å². The SMILES string of the molecule is Cc1ccnc(OC2CCC(C)C(C)C2)c1CN. The van der Waals surface area contributed by atoms with E-state index < -0.39 is 0 Å². The molecular formula is C15H24N2O. The zero-order valence-corrected chi connectivity index (χ0v) is 11.6. The average Bonchev–Trinajstić information content (AvgIpc) is 2.34. The highest BCUT2D eigenvalue weighted by atomic mass is 16.5. The van der Waals surface area contributed by atoms with E-state index in [0.717, 1.165) is 36.1 Å². The van der Waals surface area contributed by atoms with E-state index in [0.29, 0.717) is 12.6 Å². The minimum atomic E-state index is 0.302. The Bertz CT molecular complexity index is 405. The van der Waals surface area contributed by atoms with E-state index in [2.05, 4.69) is 25.8 Å². The number of hydrogen-bond acceptors (Lipinski definition) is 3. The van der Waals surface area contributed by atoms with Gasteiger partial charge in [-0.05, 0) is 49.7 Å². The van der Waals surface area contributed by atoms with E-state index in [1.807, 2.05) is 6.07 Å². The third kappa shape index (κ3) is 2.83. The molecular weight excluding hydrogens is 224 g/mol. The zero-order valence-electron chi connectivity index (χ0n) is 11.6. The predicted molar refractivity (Wildman–Crippen MR) is 73.5 cm³/mol. The van der Waals surface area contributed by atoms with Crippen LogP contribution in [-0.2, 0) is 6.54 Å². The number of pyridine rings is 1. The minimum Gasteiger partial charge on any atom is -0.474 e. The molecule has 0 radical (unpaired) electrons. The topological polar surface area (TPSA) is 48.1 Å². The fraction of sp³-hybridized carbons (Fsp3) is 0.667. The van der Waals surface area contributed by atoms with Gasteiger partial charge in [0.05, 0.1) is 0 Å². The van der Waals surface area contributed by atoms with E-state index >= 15 is 0 Å². The molecule has 0 spiro atoms. The first-order valence-electron chi connectivity index (χ1n) is 6.93. The molecule has 18 heavy (non-hydrogen) atoms. The number of rotatable bonds is 3. The van der Waals surface area contributed by atoms with Crippen molar-refractivity contribution < 1.29 is 4.74 Å². The van der Waals surface area contributed by atoms with Gasteiger partial charge in [-0.1, -0.05) is 13.8 Å². The molecule has 2 rings (SSSR count). The van der Waals surface area contributed by atoms with Crippen LogP contribution in [0.15, 0.2) is 12.3 Å². The summed E-state index contributed by atoms with van der Waals surface area (Å²) in [7, 11) is 0. The summed E-state index contributed by atoms with van der Waals surface area (Å²) in [5, 5.41) is 0. The second-order valence-corrected chi connectivity index (χ2v) is 5.62.